The fourth-order valence-corrected chi connectivity index (χ4v) is 6.71. The SMILES string of the molecule is C[C@@]12C[C@H](c3ccoc3)OC(=O)[C@@H]1CC[C@@]1(CO[C@@H]3O[C@H](CO)[C@@H](O)[C@H](O)[C@H]3O)C(=O)C=CC[C@H]12. The number of carbonyl (C=O) groups excluding carboxylic acids is 2. The van der Waals surface area contributed by atoms with Crippen LogP contribution < -0.4 is 0 Å². The smallest absolute Gasteiger partial charge is 0.310 e. The molecule has 10 heteroatoms. The van der Waals surface area contributed by atoms with Gasteiger partial charge in [0.25, 0.3) is 0 Å². The van der Waals surface area contributed by atoms with Gasteiger partial charge in [-0.3, -0.25) is 9.59 Å². The van der Waals surface area contributed by atoms with Crippen LogP contribution >= 0.6 is 0 Å². The van der Waals surface area contributed by atoms with Gasteiger partial charge in [-0.15, -0.1) is 0 Å². The van der Waals surface area contributed by atoms with E-state index in [0.717, 1.165) is 5.56 Å². The minimum absolute atomic E-state index is 0.0999. The lowest BCUT2D eigenvalue weighted by atomic mass is 9.46. The number of ketones is 1. The first-order valence-electron chi connectivity index (χ1n) is 12.1. The van der Waals surface area contributed by atoms with Crippen LogP contribution in [0.4, 0.5) is 0 Å². The molecule has 2 aliphatic carbocycles. The molecule has 10 nitrogen and oxygen atoms in total. The van der Waals surface area contributed by atoms with E-state index in [0.29, 0.717) is 25.7 Å². The molecule has 1 aromatic heterocycles. The Morgan fingerprint density at radius 3 is 2.69 bits per heavy atom. The van der Waals surface area contributed by atoms with Crippen molar-refractivity contribution in [2.45, 2.75) is 69.4 Å². The second-order valence-corrected chi connectivity index (χ2v) is 10.5. The van der Waals surface area contributed by atoms with Gasteiger partial charge < -0.3 is 39.1 Å². The van der Waals surface area contributed by atoms with Gasteiger partial charge in [-0.2, -0.15) is 0 Å². The average Bonchev–Trinajstić information content (AvgIpc) is 3.38. The minimum atomic E-state index is -1.57. The Balaban J connectivity index is 1.42. The molecule has 10 atom stereocenters. The van der Waals surface area contributed by atoms with Crippen molar-refractivity contribution in [2.75, 3.05) is 13.2 Å². The van der Waals surface area contributed by atoms with E-state index in [1.165, 1.54) is 6.26 Å². The van der Waals surface area contributed by atoms with E-state index in [1.807, 2.05) is 13.0 Å². The quantitative estimate of drug-likeness (QED) is 0.430. The highest BCUT2D eigenvalue weighted by Gasteiger charge is 2.63. The van der Waals surface area contributed by atoms with Crippen molar-refractivity contribution in [3.8, 4) is 0 Å². The van der Waals surface area contributed by atoms with E-state index in [2.05, 4.69) is 0 Å². The normalized spacial score (nSPS) is 45.5. The van der Waals surface area contributed by atoms with E-state index in [9.17, 15) is 30.0 Å². The third-order valence-corrected chi connectivity index (χ3v) is 8.71. The van der Waals surface area contributed by atoms with Crippen molar-refractivity contribution in [3.05, 3.63) is 36.3 Å². The van der Waals surface area contributed by atoms with Crippen LogP contribution in [0.3, 0.4) is 0 Å². The van der Waals surface area contributed by atoms with Crippen LogP contribution in [-0.4, -0.2) is 76.1 Å². The zero-order valence-electron chi connectivity index (χ0n) is 19.5. The Bertz CT molecular complexity index is 973. The molecule has 192 valence electrons. The highest BCUT2D eigenvalue weighted by molar-refractivity contribution is 5.96. The molecule has 0 spiro atoms. The Morgan fingerprint density at radius 2 is 1.97 bits per heavy atom. The van der Waals surface area contributed by atoms with E-state index in [1.54, 1.807) is 18.4 Å². The van der Waals surface area contributed by atoms with Gasteiger partial charge in [0.1, 0.15) is 30.5 Å². The summed E-state index contributed by atoms with van der Waals surface area (Å²) in [5.41, 5.74) is -0.754. The maximum atomic E-state index is 13.4. The van der Waals surface area contributed by atoms with E-state index >= 15 is 0 Å². The van der Waals surface area contributed by atoms with Gasteiger partial charge in [-0.1, -0.05) is 13.0 Å². The van der Waals surface area contributed by atoms with Crippen LogP contribution in [0.1, 0.15) is 44.3 Å². The van der Waals surface area contributed by atoms with Crippen LogP contribution in [0.2, 0.25) is 0 Å². The third-order valence-electron chi connectivity index (χ3n) is 8.71. The highest BCUT2D eigenvalue weighted by atomic mass is 16.7. The summed E-state index contributed by atoms with van der Waals surface area (Å²) < 4.78 is 22.4. The van der Waals surface area contributed by atoms with Crippen molar-refractivity contribution in [2.24, 2.45) is 22.7 Å². The molecule has 3 fully saturated rings. The standard InChI is InChI=1S/C25H32O10/c1-24-9-15(13-6-8-32-11-13)34-22(31)14(24)5-7-25(17(24)3-2-4-18(25)27)12-33-23-21(30)20(29)19(28)16(10-26)35-23/h2,4,6,8,11,14-17,19-21,23,26,28-30H,3,5,7,9-10,12H2,1H3/t14-,15+,16+,17-,19+,20-,21+,23+,24+,25-/m0/s1. The Labute approximate surface area is 202 Å². The average molecular weight is 493 g/mol. The van der Waals surface area contributed by atoms with Crippen molar-refractivity contribution >= 4 is 11.8 Å². The predicted octanol–water partition coefficient (Wildman–Crippen LogP) is 0.632. The first-order chi connectivity index (χ1) is 16.7. The summed E-state index contributed by atoms with van der Waals surface area (Å²) in [4.78, 5) is 26.5. The number of hydrogen-bond donors (Lipinski definition) is 4. The van der Waals surface area contributed by atoms with Crippen LogP contribution in [0, 0.1) is 22.7 Å². The number of hydrogen-bond acceptors (Lipinski definition) is 10. The van der Waals surface area contributed by atoms with Gasteiger partial charge in [-0.05, 0) is 49.2 Å². The van der Waals surface area contributed by atoms with Gasteiger partial charge >= 0.3 is 5.97 Å². The van der Waals surface area contributed by atoms with Crippen molar-refractivity contribution in [3.63, 3.8) is 0 Å². The monoisotopic (exact) mass is 492 g/mol. The first kappa shape index (κ1) is 24.6. The van der Waals surface area contributed by atoms with E-state index < -0.39 is 54.2 Å². The fourth-order valence-electron chi connectivity index (χ4n) is 6.71. The fraction of sp³-hybridized carbons (Fsp3) is 0.680. The summed E-state index contributed by atoms with van der Waals surface area (Å²) in [5.74, 6) is -0.999. The largest absolute Gasteiger partial charge is 0.472 e. The number of rotatable bonds is 5. The molecule has 1 aromatic rings. The van der Waals surface area contributed by atoms with E-state index in [-0.39, 0.29) is 30.2 Å². The number of aliphatic hydroxyl groups excluding tert-OH is 4. The summed E-state index contributed by atoms with van der Waals surface area (Å²) in [7, 11) is 0. The molecule has 35 heavy (non-hydrogen) atoms. The second kappa shape index (κ2) is 9.10. The van der Waals surface area contributed by atoms with Gasteiger partial charge in [0.05, 0.1) is 37.1 Å². The molecule has 4 N–H and O–H groups in total. The lowest BCUT2D eigenvalue weighted by Crippen LogP contribution is -2.62. The Kier molecular flexibility index (Phi) is 6.40. The molecule has 2 saturated heterocycles. The lowest BCUT2D eigenvalue weighted by molar-refractivity contribution is -0.309. The number of carbonyl (C=O) groups is 2. The summed E-state index contributed by atoms with van der Waals surface area (Å²) in [6, 6.07) is 1.77. The molecular weight excluding hydrogens is 460 g/mol. The number of fused-ring (bicyclic) bond motifs is 3. The summed E-state index contributed by atoms with van der Waals surface area (Å²) in [6.07, 6.45) is 0.862. The van der Waals surface area contributed by atoms with Crippen LogP contribution in [0.15, 0.2) is 35.2 Å². The molecule has 1 saturated carbocycles. The van der Waals surface area contributed by atoms with Crippen LogP contribution in [-0.2, 0) is 23.8 Å². The first-order valence-corrected chi connectivity index (χ1v) is 12.1. The minimum Gasteiger partial charge on any atom is -0.472 e. The summed E-state index contributed by atoms with van der Waals surface area (Å²) in [5, 5.41) is 40.1. The number of allylic oxidation sites excluding steroid dienone is 2. The molecule has 2 aliphatic heterocycles. The van der Waals surface area contributed by atoms with Gasteiger partial charge in [0, 0.05) is 5.56 Å². The topological polar surface area (TPSA) is 156 Å². The number of cyclic esters (lactones) is 1. The molecular formula is C25H32O10. The van der Waals surface area contributed by atoms with Gasteiger partial charge in [0.15, 0.2) is 12.1 Å². The number of furan rings is 1. The summed E-state index contributed by atoms with van der Waals surface area (Å²) >= 11 is 0. The lowest BCUT2D eigenvalue weighted by Gasteiger charge is -2.58. The molecule has 5 rings (SSSR count). The second-order valence-electron chi connectivity index (χ2n) is 10.5. The maximum absolute atomic E-state index is 13.4. The molecule has 3 heterocycles. The molecule has 0 unspecified atom stereocenters. The Hall–Kier alpha value is -2.08. The summed E-state index contributed by atoms with van der Waals surface area (Å²) in [6.45, 7) is 1.36. The van der Waals surface area contributed by atoms with Crippen LogP contribution in [0.25, 0.3) is 0 Å². The molecule has 0 radical (unpaired) electrons. The van der Waals surface area contributed by atoms with E-state index in [4.69, 9.17) is 18.6 Å². The molecule has 0 amide bonds. The van der Waals surface area contributed by atoms with Crippen molar-refractivity contribution in [1.29, 1.82) is 0 Å². The zero-order chi connectivity index (χ0) is 25.0. The number of aliphatic hydroxyl groups is 4. The molecule has 4 aliphatic rings. The molecule has 0 bridgehead atoms. The van der Waals surface area contributed by atoms with Gasteiger partial charge in [0.2, 0.25) is 0 Å². The third kappa shape index (κ3) is 3.87. The van der Waals surface area contributed by atoms with Crippen LogP contribution in [0.5, 0.6) is 0 Å². The number of ether oxygens (including phenoxy) is 3. The number of esters is 1. The zero-order valence-corrected chi connectivity index (χ0v) is 19.5. The molecule has 0 aromatic carbocycles. The predicted molar refractivity (Wildman–Crippen MR) is 117 cm³/mol. The van der Waals surface area contributed by atoms with Crippen molar-refractivity contribution < 1.29 is 48.6 Å². The van der Waals surface area contributed by atoms with Crippen molar-refractivity contribution in [1.82, 2.24) is 0 Å². The maximum Gasteiger partial charge on any atom is 0.310 e. The van der Waals surface area contributed by atoms with Gasteiger partial charge in [-0.25, -0.2) is 0 Å². The Morgan fingerprint density at radius 1 is 1.17 bits per heavy atom. The highest BCUT2D eigenvalue weighted by Crippen LogP contribution is 2.63.